The molecule has 1 saturated heterocycles. The highest BCUT2D eigenvalue weighted by atomic mass is 19.4. The number of aromatic nitrogens is 1. The lowest BCUT2D eigenvalue weighted by atomic mass is 10.0. The molecule has 23 heavy (non-hydrogen) atoms. The van der Waals surface area contributed by atoms with Gasteiger partial charge >= 0.3 is 6.18 Å². The molecule has 1 N–H and O–H groups in total. The predicted octanol–water partition coefficient (Wildman–Crippen LogP) is 2.64. The van der Waals surface area contributed by atoms with Gasteiger partial charge in [0, 0.05) is 12.6 Å². The van der Waals surface area contributed by atoms with Crippen LogP contribution in [0.3, 0.4) is 0 Å². The summed E-state index contributed by atoms with van der Waals surface area (Å²) in [5, 5.41) is 13.4. The highest BCUT2D eigenvalue weighted by Crippen LogP contribution is 2.35. The second-order valence-electron chi connectivity index (χ2n) is 5.37. The monoisotopic (exact) mass is 326 g/mol. The van der Waals surface area contributed by atoms with Gasteiger partial charge in [0.25, 0.3) is 5.91 Å². The summed E-state index contributed by atoms with van der Waals surface area (Å²) in [6, 6.07) is 5.49. The lowest BCUT2D eigenvalue weighted by molar-refractivity contribution is -0.137. The summed E-state index contributed by atoms with van der Waals surface area (Å²) in [5.74, 6) is -0.430. The van der Waals surface area contributed by atoms with E-state index in [-0.39, 0.29) is 18.7 Å². The highest BCUT2D eigenvalue weighted by molar-refractivity contribution is 5.92. The number of β-amino-alcohol motifs (C(OH)–C–C–N with tert-alkyl or cyclic N) is 1. The number of hydrogen-bond acceptors (Lipinski definition) is 4. The van der Waals surface area contributed by atoms with Gasteiger partial charge in [-0.1, -0.05) is 17.3 Å². The first-order valence-corrected chi connectivity index (χ1v) is 6.93. The molecule has 2 atom stereocenters. The molecular formula is C15H13F3N2O3. The van der Waals surface area contributed by atoms with Crippen molar-refractivity contribution >= 4 is 5.91 Å². The number of benzene rings is 1. The van der Waals surface area contributed by atoms with Crippen LogP contribution in [0.1, 0.15) is 34.1 Å². The third-order valence-electron chi connectivity index (χ3n) is 3.82. The van der Waals surface area contributed by atoms with E-state index >= 15 is 0 Å². The van der Waals surface area contributed by atoms with Crippen LogP contribution >= 0.6 is 0 Å². The number of aliphatic hydroxyl groups is 1. The molecule has 0 saturated carbocycles. The molecular weight excluding hydrogens is 313 g/mol. The number of nitrogens with zero attached hydrogens (tertiary/aromatic N) is 2. The normalized spacial score (nSPS) is 21.7. The smallest absolute Gasteiger partial charge is 0.391 e. The molecule has 1 aliphatic rings. The zero-order valence-corrected chi connectivity index (χ0v) is 11.8. The highest BCUT2D eigenvalue weighted by Gasteiger charge is 2.37. The van der Waals surface area contributed by atoms with Crippen molar-refractivity contribution in [3.63, 3.8) is 0 Å². The number of hydrogen-bond donors (Lipinski definition) is 1. The Balaban J connectivity index is 1.86. The fourth-order valence-corrected chi connectivity index (χ4v) is 2.72. The summed E-state index contributed by atoms with van der Waals surface area (Å²) in [4.78, 5) is 13.8. The second-order valence-corrected chi connectivity index (χ2v) is 5.37. The molecule has 0 bridgehead atoms. The van der Waals surface area contributed by atoms with Crippen molar-refractivity contribution in [2.75, 3.05) is 6.54 Å². The maximum absolute atomic E-state index is 12.6. The molecule has 8 heteroatoms. The lowest BCUT2D eigenvalue weighted by Crippen LogP contribution is -2.32. The van der Waals surface area contributed by atoms with Crippen molar-refractivity contribution in [1.82, 2.24) is 10.1 Å². The number of carbonyl (C=O) groups excluding carboxylic acids is 1. The van der Waals surface area contributed by atoms with Crippen molar-refractivity contribution in [3.8, 4) is 0 Å². The van der Waals surface area contributed by atoms with Crippen LogP contribution in [-0.4, -0.2) is 33.7 Å². The Kier molecular flexibility index (Phi) is 3.85. The third-order valence-corrected chi connectivity index (χ3v) is 3.82. The molecule has 2 aromatic rings. The van der Waals surface area contributed by atoms with Crippen molar-refractivity contribution in [2.45, 2.75) is 24.7 Å². The summed E-state index contributed by atoms with van der Waals surface area (Å²) in [6.45, 7) is 0.0946. The molecule has 1 aliphatic heterocycles. The Morgan fingerprint density at radius 2 is 1.96 bits per heavy atom. The number of aliphatic hydroxyl groups excluding tert-OH is 1. The molecule has 3 rings (SSSR count). The van der Waals surface area contributed by atoms with Crippen LogP contribution in [0.2, 0.25) is 0 Å². The van der Waals surface area contributed by atoms with Crippen LogP contribution in [0, 0.1) is 0 Å². The standard InChI is InChI=1S/C15H13F3N2O3/c16-15(17,18)10-3-1-9(2-4-10)13-7-11(21)8-20(13)14(22)12-5-6-23-19-12/h1-6,11,13,21H,7-8H2/t11-,13+/m1/s1. The van der Waals surface area contributed by atoms with Crippen LogP contribution in [0.4, 0.5) is 13.2 Å². The lowest BCUT2D eigenvalue weighted by Gasteiger charge is -2.24. The van der Waals surface area contributed by atoms with E-state index in [1.54, 1.807) is 0 Å². The molecule has 2 heterocycles. The number of alkyl halides is 3. The molecule has 1 fully saturated rings. The van der Waals surface area contributed by atoms with Gasteiger partial charge in [-0.2, -0.15) is 13.2 Å². The molecule has 1 aromatic carbocycles. The minimum Gasteiger partial charge on any atom is -0.391 e. The maximum Gasteiger partial charge on any atom is 0.416 e. The maximum atomic E-state index is 12.6. The van der Waals surface area contributed by atoms with Gasteiger partial charge in [-0.3, -0.25) is 4.79 Å². The van der Waals surface area contributed by atoms with E-state index < -0.39 is 29.8 Å². The SMILES string of the molecule is O=C(c1ccon1)N1C[C@H](O)C[C@H]1c1ccc(C(F)(F)F)cc1. The largest absolute Gasteiger partial charge is 0.416 e. The number of carbonyl (C=O) groups is 1. The van der Waals surface area contributed by atoms with Crippen LogP contribution < -0.4 is 0 Å². The van der Waals surface area contributed by atoms with Gasteiger partial charge < -0.3 is 14.5 Å². The first-order valence-electron chi connectivity index (χ1n) is 6.93. The van der Waals surface area contributed by atoms with E-state index in [2.05, 4.69) is 9.68 Å². The average Bonchev–Trinajstić information content (AvgIpc) is 3.15. The van der Waals surface area contributed by atoms with E-state index in [9.17, 15) is 23.1 Å². The number of halogens is 3. The molecule has 0 unspecified atom stereocenters. The van der Waals surface area contributed by atoms with Crippen molar-refractivity contribution in [2.24, 2.45) is 0 Å². The van der Waals surface area contributed by atoms with Crippen molar-refractivity contribution in [1.29, 1.82) is 0 Å². The molecule has 5 nitrogen and oxygen atoms in total. The first-order chi connectivity index (χ1) is 10.9. The Morgan fingerprint density at radius 3 is 2.52 bits per heavy atom. The summed E-state index contributed by atoms with van der Waals surface area (Å²) < 4.78 is 42.5. The van der Waals surface area contributed by atoms with Crippen LogP contribution in [0.15, 0.2) is 41.1 Å². The van der Waals surface area contributed by atoms with Gasteiger partial charge in [0.1, 0.15) is 6.26 Å². The molecule has 1 aromatic heterocycles. The van der Waals surface area contributed by atoms with E-state index in [4.69, 9.17) is 0 Å². The quantitative estimate of drug-likeness (QED) is 0.921. The first kappa shape index (κ1) is 15.5. The van der Waals surface area contributed by atoms with Crippen LogP contribution in [0.5, 0.6) is 0 Å². The Hall–Kier alpha value is -2.35. The van der Waals surface area contributed by atoms with Crippen molar-refractivity contribution < 1.29 is 27.6 Å². The topological polar surface area (TPSA) is 66.6 Å². The Labute approximate surface area is 129 Å². The van der Waals surface area contributed by atoms with Crippen LogP contribution in [-0.2, 0) is 6.18 Å². The average molecular weight is 326 g/mol. The molecule has 122 valence electrons. The number of rotatable bonds is 2. The zero-order chi connectivity index (χ0) is 16.6. The predicted molar refractivity (Wildman–Crippen MR) is 72.3 cm³/mol. The second kappa shape index (κ2) is 5.69. The fraction of sp³-hybridized carbons (Fsp3) is 0.333. The Morgan fingerprint density at radius 1 is 1.26 bits per heavy atom. The van der Waals surface area contributed by atoms with Gasteiger partial charge in [0.15, 0.2) is 5.69 Å². The zero-order valence-electron chi connectivity index (χ0n) is 11.8. The molecule has 1 amide bonds. The minimum atomic E-state index is -4.41. The van der Waals surface area contributed by atoms with Crippen LogP contribution in [0.25, 0.3) is 0 Å². The minimum absolute atomic E-state index is 0.0935. The van der Waals surface area contributed by atoms with E-state index in [0.717, 1.165) is 12.1 Å². The molecule has 0 spiro atoms. The van der Waals surface area contributed by atoms with Gasteiger partial charge in [-0.25, -0.2) is 0 Å². The van der Waals surface area contributed by atoms with Gasteiger partial charge in [0.05, 0.1) is 17.7 Å². The summed E-state index contributed by atoms with van der Waals surface area (Å²) in [5.41, 5.74) is -0.128. The molecule has 0 aliphatic carbocycles. The molecule has 0 radical (unpaired) electrons. The number of amides is 1. The van der Waals surface area contributed by atoms with Gasteiger partial charge in [0.2, 0.25) is 0 Å². The Bertz CT molecular complexity index is 683. The van der Waals surface area contributed by atoms with Crippen molar-refractivity contribution in [3.05, 3.63) is 53.4 Å². The van der Waals surface area contributed by atoms with Gasteiger partial charge in [-0.05, 0) is 24.1 Å². The summed E-state index contributed by atoms with van der Waals surface area (Å²) >= 11 is 0. The summed E-state index contributed by atoms with van der Waals surface area (Å²) in [7, 11) is 0. The third kappa shape index (κ3) is 3.07. The van der Waals surface area contributed by atoms with E-state index in [1.165, 1.54) is 29.4 Å². The van der Waals surface area contributed by atoms with Gasteiger partial charge in [-0.15, -0.1) is 0 Å². The summed E-state index contributed by atoms with van der Waals surface area (Å²) in [6.07, 6.45) is -3.63. The fourth-order valence-electron chi connectivity index (χ4n) is 2.72. The number of likely N-dealkylation sites (tertiary alicyclic amines) is 1. The van der Waals surface area contributed by atoms with E-state index in [0.29, 0.717) is 5.56 Å². The van der Waals surface area contributed by atoms with E-state index in [1.807, 2.05) is 0 Å².